The van der Waals surface area contributed by atoms with Crippen LogP contribution in [-0.4, -0.2) is 16.9 Å². The molecule has 0 bridgehead atoms. The predicted molar refractivity (Wildman–Crippen MR) is 89.8 cm³/mol. The molecule has 22 heavy (non-hydrogen) atoms. The van der Waals surface area contributed by atoms with Crippen LogP contribution in [0, 0.1) is 6.92 Å². The van der Waals surface area contributed by atoms with E-state index in [4.69, 9.17) is 18.0 Å². The Bertz CT molecular complexity index is 744. The fourth-order valence-corrected chi connectivity index (χ4v) is 2.08. The molecule has 2 rings (SSSR count). The van der Waals surface area contributed by atoms with E-state index in [0.29, 0.717) is 16.8 Å². The molecule has 0 saturated carbocycles. The number of nitrogens with two attached hydrogens (primary N) is 1. The summed E-state index contributed by atoms with van der Waals surface area (Å²) in [7, 11) is 0. The van der Waals surface area contributed by atoms with Crippen LogP contribution in [0.25, 0.3) is 0 Å². The Hall–Kier alpha value is -2.73. The quantitative estimate of drug-likeness (QED) is 0.759. The smallest absolute Gasteiger partial charge is 0.257 e. The topological polar surface area (TPSA) is 84.2 Å². The van der Waals surface area contributed by atoms with Crippen molar-refractivity contribution in [3.8, 4) is 0 Å². The van der Waals surface area contributed by atoms with Crippen LogP contribution in [-0.2, 0) is 0 Å². The number of primary amides is 1. The van der Waals surface area contributed by atoms with Gasteiger partial charge in [0.1, 0.15) is 0 Å². The van der Waals surface area contributed by atoms with Gasteiger partial charge in [-0.25, -0.2) is 0 Å². The molecule has 112 valence electrons. The molecule has 2 aromatic carbocycles. The Morgan fingerprint density at radius 3 is 2.41 bits per heavy atom. The Balaban J connectivity index is 2.02. The number of benzene rings is 2. The lowest BCUT2D eigenvalue weighted by Crippen LogP contribution is -2.34. The number of nitrogens with one attached hydrogen (secondary N) is 2. The molecule has 6 heteroatoms. The van der Waals surface area contributed by atoms with Gasteiger partial charge in [0.05, 0.1) is 0 Å². The SMILES string of the molecule is Cc1cccc(C(=O)NC(=S)Nc2cccc(C(N)=O)c2)c1. The second kappa shape index (κ2) is 6.82. The highest BCUT2D eigenvalue weighted by Crippen LogP contribution is 2.10. The average molecular weight is 313 g/mol. The number of carbonyl (C=O) groups is 2. The van der Waals surface area contributed by atoms with Gasteiger partial charge >= 0.3 is 0 Å². The van der Waals surface area contributed by atoms with Crippen molar-refractivity contribution in [1.82, 2.24) is 5.32 Å². The van der Waals surface area contributed by atoms with Crippen LogP contribution in [0.4, 0.5) is 5.69 Å². The van der Waals surface area contributed by atoms with Crippen molar-refractivity contribution < 1.29 is 9.59 Å². The molecule has 2 aromatic rings. The number of aryl methyl sites for hydroxylation is 1. The summed E-state index contributed by atoms with van der Waals surface area (Å²) in [6, 6.07) is 13.7. The molecule has 0 aromatic heterocycles. The summed E-state index contributed by atoms with van der Waals surface area (Å²) in [6.07, 6.45) is 0. The number of rotatable bonds is 3. The van der Waals surface area contributed by atoms with Crippen molar-refractivity contribution in [2.24, 2.45) is 5.73 Å². The molecule has 2 amide bonds. The first-order chi connectivity index (χ1) is 10.5. The maximum absolute atomic E-state index is 12.1. The Morgan fingerprint density at radius 2 is 1.73 bits per heavy atom. The largest absolute Gasteiger partial charge is 0.366 e. The molecule has 0 fully saturated rings. The van der Waals surface area contributed by atoms with Crippen molar-refractivity contribution in [3.05, 3.63) is 65.2 Å². The number of thiocarbonyl (C=S) groups is 1. The molecule has 0 unspecified atom stereocenters. The molecule has 0 heterocycles. The maximum Gasteiger partial charge on any atom is 0.257 e. The molecule has 5 nitrogen and oxygen atoms in total. The zero-order chi connectivity index (χ0) is 16.1. The monoisotopic (exact) mass is 313 g/mol. The fourth-order valence-electron chi connectivity index (χ4n) is 1.87. The minimum atomic E-state index is -0.529. The summed E-state index contributed by atoms with van der Waals surface area (Å²) in [5, 5.41) is 5.58. The highest BCUT2D eigenvalue weighted by atomic mass is 32.1. The molecular weight excluding hydrogens is 298 g/mol. The molecule has 4 N–H and O–H groups in total. The van der Waals surface area contributed by atoms with Crippen molar-refractivity contribution in [2.45, 2.75) is 6.92 Å². The van der Waals surface area contributed by atoms with E-state index in [2.05, 4.69) is 10.6 Å². The van der Waals surface area contributed by atoms with E-state index in [1.165, 1.54) is 0 Å². The Labute approximate surface area is 133 Å². The summed E-state index contributed by atoms with van der Waals surface area (Å²) in [4.78, 5) is 23.2. The summed E-state index contributed by atoms with van der Waals surface area (Å²) < 4.78 is 0. The van der Waals surface area contributed by atoms with Crippen LogP contribution < -0.4 is 16.4 Å². The predicted octanol–water partition coefficient (Wildman–Crippen LogP) is 2.22. The van der Waals surface area contributed by atoms with Gasteiger partial charge in [-0.1, -0.05) is 23.8 Å². The van der Waals surface area contributed by atoms with Gasteiger partial charge in [-0.3, -0.25) is 14.9 Å². The highest BCUT2D eigenvalue weighted by Gasteiger charge is 2.08. The molecule has 0 radical (unpaired) electrons. The molecule has 0 saturated heterocycles. The van der Waals surface area contributed by atoms with Crippen LogP contribution in [0.2, 0.25) is 0 Å². The molecule has 0 spiro atoms. The van der Waals surface area contributed by atoms with E-state index >= 15 is 0 Å². The van der Waals surface area contributed by atoms with E-state index in [1.807, 2.05) is 13.0 Å². The number of carbonyl (C=O) groups excluding carboxylic acids is 2. The van der Waals surface area contributed by atoms with Gasteiger partial charge in [0.15, 0.2) is 5.11 Å². The molecule has 0 atom stereocenters. The minimum Gasteiger partial charge on any atom is -0.366 e. The van der Waals surface area contributed by atoms with Gasteiger partial charge in [0.2, 0.25) is 5.91 Å². The zero-order valence-electron chi connectivity index (χ0n) is 11.9. The number of hydrogen-bond acceptors (Lipinski definition) is 3. The van der Waals surface area contributed by atoms with E-state index in [-0.39, 0.29) is 11.0 Å². The number of amides is 2. The van der Waals surface area contributed by atoms with E-state index in [1.54, 1.807) is 42.5 Å². The highest BCUT2D eigenvalue weighted by molar-refractivity contribution is 7.80. The molecular formula is C16H15N3O2S. The lowest BCUT2D eigenvalue weighted by atomic mass is 10.1. The van der Waals surface area contributed by atoms with Crippen molar-refractivity contribution in [3.63, 3.8) is 0 Å². The Morgan fingerprint density at radius 1 is 1.05 bits per heavy atom. The van der Waals surface area contributed by atoms with Gasteiger partial charge in [-0.2, -0.15) is 0 Å². The van der Waals surface area contributed by atoms with Gasteiger partial charge < -0.3 is 11.1 Å². The van der Waals surface area contributed by atoms with Gasteiger partial charge in [0.25, 0.3) is 5.91 Å². The zero-order valence-corrected chi connectivity index (χ0v) is 12.7. The van der Waals surface area contributed by atoms with Crippen LogP contribution >= 0.6 is 12.2 Å². The van der Waals surface area contributed by atoms with Gasteiger partial charge in [0, 0.05) is 16.8 Å². The number of hydrogen-bond donors (Lipinski definition) is 3. The summed E-state index contributed by atoms with van der Waals surface area (Å²) in [6.45, 7) is 1.91. The third-order valence-electron chi connectivity index (χ3n) is 2.91. The first kappa shape index (κ1) is 15.7. The minimum absolute atomic E-state index is 0.146. The normalized spacial score (nSPS) is 9.86. The molecule has 0 aliphatic rings. The van der Waals surface area contributed by atoms with Crippen LogP contribution in [0.3, 0.4) is 0 Å². The second-order valence-corrected chi connectivity index (χ2v) is 5.13. The second-order valence-electron chi connectivity index (χ2n) is 4.72. The fraction of sp³-hybridized carbons (Fsp3) is 0.0625. The summed E-state index contributed by atoms with van der Waals surface area (Å²) >= 11 is 5.09. The van der Waals surface area contributed by atoms with Gasteiger partial charge in [-0.15, -0.1) is 0 Å². The van der Waals surface area contributed by atoms with Crippen molar-refractivity contribution >= 4 is 34.8 Å². The first-order valence-electron chi connectivity index (χ1n) is 6.54. The third kappa shape index (κ3) is 4.13. The lowest BCUT2D eigenvalue weighted by molar-refractivity contribution is 0.0974. The van der Waals surface area contributed by atoms with Crippen molar-refractivity contribution in [1.29, 1.82) is 0 Å². The van der Waals surface area contributed by atoms with Gasteiger partial charge in [-0.05, 0) is 49.5 Å². The van der Waals surface area contributed by atoms with E-state index in [0.717, 1.165) is 5.56 Å². The maximum atomic E-state index is 12.1. The summed E-state index contributed by atoms with van der Waals surface area (Å²) in [5.74, 6) is -0.828. The Kier molecular flexibility index (Phi) is 4.85. The standard InChI is InChI=1S/C16H15N3O2S/c1-10-4-2-6-12(8-10)15(21)19-16(22)18-13-7-3-5-11(9-13)14(17)20/h2-9H,1H3,(H2,17,20)(H2,18,19,21,22). The molecule has 0 aliphatic carbocycles. The van der Waals surface area contributed by atoms with Crippen LogP contribution in [0.15, 0.2) is 48.5 Å². The molecule has 0 aliphatic heterocycles. The number of anilines is 1. The third-order valence-corrected chi connectivity index (χ3v) is 3.12. The average Bonchev–Trinajstić information content (AvgIpc) is 2.47. The lowest BCUT2D eigenvalue weighted by Gasteiger charge is -2.10. The summed E-state index contributed by atoms with van der Waals surface area (Å²) in [5.41, 5.74) is 7.66. The van der Waals surface area contributed by atoms with Crippen LogP contribution in [0.5, 0.6) is 0 Å². The van der Waals surface area contributed by atoms with E-state index < -0.39 is 5.91 Å². The first-order valence-corrected chi connectivity index (χ1v) is 6.95. The van der Waals surface area contributed by atoms with E-state index in [9.17, 15) is 9.59 Å². The van der Waals surface area contributed by atoms with Crippen LogP contribution in [0.1, 0.15) is 26.3 Å². The van der Waals surface area contributed by atoms with Crippen molar-refractivity contribution in [2.75, 3.05) is 5.32 Å².